The Labute approximate surface area is 167 Å². The molecule has 0 aromatic heterocycles. The van der Waals surface area contributed by atoms with Crippen molar-refractivity contribution < 1.29 is 9.53 Å². The minimum Gasteiger partial charge on any atom is -0.367 e. The molecule has 0 amide bonds. The first kappa shape index (κ1) is 22.1. The zero-order chi connectivity index (χ0) is 19.2. The number of ketones is 1. The minimum absolute atomic E-state index is 0.204. The average molecular weight is 373 g/mol. The summed E-state index contributed by atoms with van der Waals surface area (Å²) in [6.07, 6.45) is 18.5. The lowest BCUT2D eigenvalue weighted by Gasteiger charge is -2.36. The first-order valence-corrected chi connectivity index (χ1v) is 11.5. The van der Waals surface area contributed by atoms with E-state index < -0.39 is 5.60 Å². The predicted molar refractivity (Wildman–Crippen MR) is 114 cm³/mol. The molecule has 1 saturated carbocycles. The molecule has 0 N–H and O–H groups in total. The molecule has 1 fully saturated rings. The molecule has 0 heterocycles. The maximum atomic E-state index is 13.1. The van der Waals surface area contributed by atoms with E-state index in [1.807, 2.05) is 30.3 Å². The highest BCUT2D eigenvalue weighted by atomic mass is 16.5. The van der Waals surface area contributed by atoms with E-state index in [1.165, 1.54) is 64.2 Å². The molecule has 0 aliphatic heterocycles. The molecular weight excluding hydrogens is 332 g/mol. The molecule has 1 aromatic carbocycles. The van der Waals surface area contributed by atoms with Crippen molar-refractivity contribution in [3.05, 3.63) is 35.9 Å². The zero-order valence-electron chi connectivity index (χ0n) is 17.5. The smallest absolute Gasteiger partial charge is 0.194 e. The van der Waals surface area contributed by atoms with E-state index in [9.17, 15) is 4.79 Å². The van der Waals surface area contributed by atoms with Crippen LogP contribution in [0.2, 0.25) is 0 Å². The van der Waals surface area contributed by atoms with Crippen LogP contribution in [0, 0.1) is 0 Å². The first-order chi connectivity index (χ1) is 13.3. The van der Waals surface area contributed by atoms with Crippen molar-refractivity contribution in [2.24, 2.45) is 0 Å². The van der Waals surface area contributed by atoms with Gasteiger partial charge in [-0.25, -0.2) is 0 Å². The Morgan fingerprint density at radius 3 is 1.96 bits per heavy atom. The largest absolute Gasteiger partial charge is 0.367 e. The molecule has 2 rings (SSSR count). The van der Waals surface area contributed by atoms with Gasteiger partial charge in [0.25, 0.3) is 0 Å². The molecule has 1 aliphatic carbocycles. The third kappa shape index (κ3) is 7.78. The number of carbonyl (C=O) groups excluding carboxylic acids is 1. The van der Waals surface area contributed by atoms with Crippen LogP contribution in [0.15, 0.2) is 30.3 Å². The van der Waals surface area contributed by atoms with Crippen LogP contribution in [-0.2, 0) is 4.74 Å². The van der Waals surface area contributed by atoms with Crippen LogP contribution >= 0.6 is 0 Å². The SMILES string of the molecule is CCCCCCCCCCCCOC1(C(=O)c2ccccc2)CCCCC1. The number of rotatable bonds is 14. The zero-order valence-corrected chi connectivity index (χ0v) is 17.5. The normalized spacial score (nSPS) is 16.3. The molecular formula is C25H40O2. The van der Waals surface area contributed by atoms with Crippen LogP contribution in [0.4, 0.5) is 0 Å². The van der Waals surface area contributed by atoms with E-state index in [-0.39, 0.29) is 5.78 Å². The molecule has 2 heteroatoms. The number of ether oxygens (including phenoxy) is 1. The second-order valence-corrected chi connectivity index (χ2v) is 8.28. The van der Waals surface area contributed by atoms with Gasteiger partial charge < -0.3 is 4.74 Å². The van der Waals surface area contributed by atoms with Gasteiger partial charge in [-0.15, -0.1) is 0 Å². The van der Waals surface area contributed by atoms with E-state index in [0.717, 1.165) is 44.3 Å². The summed E-state index contributed by atoms with van der Waals surface area (Å²) in [5, 5.41) is 0. The number of hydrogen-bond acceptors (Lipinski definition) is 2. The van der Waals surface area contributed by atoms with Gasteiger partial charge in [0, 0.05) is 12.2 Å². The first-order valence-electron chi connectivity index (χ1n) is 11.5. The predicted octanol–water partition coefficient (Wildman–Crippen LogP) is 7.51. The summed E-state index contributed by atoms with van der Waals surface area (Å²) < 4.78 is 6.31. The summed E-state index contributed by atoms with van der Waals surface area (Å²) in [5.41, 5.74) is 0.251. The van der Waals surface area contributed by atoms with Crippen LogP contribution in [0.3, 0.4) is 0 Å². The standard InChI is InChI=1S/C25H40O2/c1-2-3-4-5-6-7-8-9-10-17-22-27-25(20-15-12-16-21-25)24(26)23-18-13-11-14-19-23/h11,13-14,18-19H,2-10,12,15-17,20-22H2,1H3. The summed E-state index contributed by atoms with van der Waals surface area (Å²) in [7, 11) is 0. The lowest BCUT2D eigenvalue weighted by atomic mass is 9.79. The molecule has 0 saturated heterocycles. The molecule has 1 aliphatic rings. The Kier molecular flexibility index (Phi) is 10.7. The molecule has 0 spiro atoms. The second-order valence-electron chi connectivity index (χ2n) is 8.28. The maximum Gasteiger partial charge on any atom is 0.194 e. The van der Waals surface area contributed by atoms with Crippen molar-refractivity contribution in [1.82, 2.24) is 0 Å². The number of hydrogen-bond donors (Lipinski definition) is 0. The Hall–Kier alpha value is -1.15. The van der Waals surface area contributed by atoms with E-state index in [0.29, 0.717) is 0 Å². The summed E-state index contributed by atoms with van der Waals surface area (Å²) in [6.45, 7) is 3.00. The van der Waals surface area contributed by atoms with Gasteiger partial charge in [-0.3, -0.25) is 4.79 Å². The molecule has 1 aromatic rings. The lowest BCUT2D eigenvalue weighted by molar-refractivity contribution is -0.0474. The van der Waals surface area contributed by atoms with Crippen molar-refractivity contribution in [1.29, 1.82) is 0 Å². The molecule has 0 radical (unpaired) electrons. The summed E-state index contributed by atoms with van der Waals surface area (Å²) in [6, 6.07) is 9.73. The highest BCUT2D eigenvalue weighted by molar-refractivity contribution is 6.02. The Morgan fingerprint density at radius 1 is 0.815 bits per heavy atom. The van der Waals surface area contributed by atoms with E-state index >= 15 is 0 Å². The molecule has 2 nitrogen and oxygen atoms in total. The quantitative estimate of drug-likeness (QED) is 0.249. The van der Waals surface area contributed by atoms with Crippen molar-refractivity contribution >= 4 is 5.78 Å². The number of benzene rings is 1. The monoisotopic (exact) mass is 372 g/mol. The van der Waals surface area contributed by atoms with Crippen molar-refractivity contribution in [3.8, 4) is 0 Å². The van der Waals surface area contributed by atoms with Crippen LogP contribution in [0.1, 0.15) is 114 Å². The number of carbonyl (C=O) groups is 1. The highest BCUT2D eigenvalue weighted by Gasteiger charge is 2.40. The number of unbranched alkanes of at least 4 members (excludes halogenated alkanes) is 9. The van der Waals surface area contributed by atoms with Crippen LogP contribution in [-0.4, -0.2) is 18.0 Å². The Bertz CT molecular complexity index is 502. The third-order valence-corrected chi connectivity index (χ3v) is 5.99. The van der Waals surface area contributed by atoms with Gasteiger partial charge in [-0.05, 0) is 19.3 Å². The van der Waals surface area contributed by atoms with E-state index in [1.54, 1.807) is 0 Å². The fraction of sp³-hybridized carbons (Fsp3) is 0.720. The van der Waals surface area contributed by atoms with Gasteiger partial charge in [0.2, 0.25) is 0 Å². The van der Waals surface area contributed by atoms with E-state index in [2.05, 4.69) is 6.92 Å². The molecule has 0 bridgehead atoms. The van der Waals surface area contributed by atoms with Gasteiger partial charge in [0.15, 0.2) is 5.78 Å². The Balaban J connectivity index is 1.66. The van der Waals surface area contributed by atoms with Crippen molar-refractivity contribution in [2.45, 2.75) is 109 Å². The van der Waals surface area contributed by atoms with Gasteiger partial charge >= 0.3 is 0 Å². The van der Waals surface area contributed by atoms with Gasteiger partial charge in [0.05, 0.1) is 0 Å². The lowest BCUT2D eigenvalue weighted by Crippen LogP contribution is -2.43. The summed E-state index contributed by atoms with van der Waals surface area (Å²) in [5.74, 6) is 0.204. The minimum atomic E-state index is -0.557. The van der Waals surface area contributed by atoms with Crippen LogP contribution in [0.25, 0.3) is 0 Å². The third-order valence-electron chi connectivity index (χ3n) is 5.99. The maximum absolute atomic E-state index is 13.1. The van der Waals surface area contributed by atoms with Crippen molar-refractivity contribution in [3.63, 3.8) is 0 Å². The fourth-order valence-corrected chi connectivity index (χ4v) is 4.27. The van der Waals surface area contributed by atoms with Gasteiger partial charge in [0.1, 0.15) is 5.60 Å². The highest BCUT2D eigenvalue weighted by Crippen LogP contribution is 2.35. The summed E-state index contributed by atoms with van der Waals surface area (Å²) >= 11 is 0. The van der Waals surface area contributed by atoms with Gasteiger partial charge in [-0.2, -0.15) is 0 Å². The molecule has 0 atom stereocenters. The number of Topliss-reactive ketones (excluding diaryl/α,β-unsaturated/α-hetero) is 1. The topological polar surface area (TPSA) is 26.3 Å². The van der Waals surface area contributed by atoms with E-state index in [4.69, 9.17) is 4.74 Å². The van der Waals surface area contributed by atoms with Crippen LogP contribution < -0.4 is 0 Å². The molecule has 152 valence electrons. The van der Waals surface area contributed by atoms with Crippen molar-refractivity contribution in [2.75, 3.05) is 6.61 Å². The van der Waals surface area contributed by atoms with Gasteiger partial charge in [-0.1, -0.05) is 114 Å². The molecule has 27 heavy (non-hydrogen) atoms. The van der Waals surface area contributed by atoms with Crippen LogP contribution in [0.5, 0.6) is 0 Å². The Morgan fingerprint density at radius 2 is 1.37 bits per heavy atom. The fourth-order valence-electron chi connectivity index (χ4n) is 4.27. The summed E-state index contributed by atoms with van der Waals surface area (Å²) in [4.78, 5) is 13.1. The second kappa shape index (κ2) is 13.1. The molecule has 0 unspecified atom stereocenters. The average Bonchev–Trinajstić information content (AvgIpc) is 2.73.